The normalized spacial score (nSPS) is 13.1. The van der Waals surface area contributed by atoms with Gasteiger partial charge in [0.25, 0.3) is 5.22 Å². The van der Waals surface area contributed by atoms with Crippen LogP contribution in [0, 0.1) is 18.3 Å². The first kappa shape index (κ1) is 18.8. The molecule has 0 amide bonds. The molecule has 2 aromatic heterocycles. The highest BCUT2D eigenvalue weighted by Crippen LogP contribution is 2.31. The second-order valence-corrected chi connectivity index (χ2v) is 7.77. The highest BCUT2D eigenvalue weighted by atomic mass is 32.2. The summed E-state index contributed by atoms with van der Waals surface area (Å²) < 4.78 is 5.70. The van der Waals surface area contributed by atoms with E-state index in [0.717, 1.165) is 22.2 Å². The molecule has 2 heterocycles. The molecule has 0 unspecified atom stereocenters. The molecule has 0 aliphatic carbocycles. The Bertz CT molecular complexity index is 1200. The molecule has 8 heteroatoms. The Morgan fingerprint density at radius 2 is 1.93 bits per heavy atom. The van der Waals surface area contributed by atoms with Crippen molar-refractivity contribution < 1.29 is 9.52 Å². The van der Waals surface area contributed by atoms with Gasteiger partial charge in [-0.05, 0) is 38.1 Å². The van der Waals surface area contributed by atoms with E-state index in [2.05, 4.69) is 20.2 Å². The fraction of sp³-hybridized carbons (Fsp3) is 0.143. The van der Waals surface area contributed by atoms with Gasteiger partial charge in [0.15, 0.2) is 5.82 Å². The van der Waals surface area contributed by atoms with E-state index in [1.54, 1.807) is 6.92 Å². The summed E-state index contributed by atoms with van der Waals surface area (Å²) in [6, 6.07) is 17.2. The van der Waals surface area contributed by atoms with Crippen LogP contribution in [0.3, 0.4) is 0 Å². The summed E-state index contributed by atoms with van der Waals surface area (Å²) in [5.41, 5.74) is 3.56. The van der Waals surface area contributed by atoms with Crippen molar-refractivity contribution in [2.75, 3.05) is 0 Å². The molecule has 144 valence electrons. The number of nitrogens with zero attached hydrogens (tertiary/aromatic N) is 4. The molecule has 0 aliphatic heterocycles. The Labute approximate surface area is 171 Å². The number of fused-ring (bicyclic) bond motifs is 1. The number of allylic oxidation sites excluding steroid dienone is 1. The predicted octanol–water partition coefficient (Wildman–Crippen LogP) is 4.89. The van der Waals surface area contributed by atoms with E-state index in [1.165, 1.54) is 11.8 Å². The SMILES string of the molecule is Cc1ccc(-c2nnc(S[C@@H](C)/C(O)=C(\C#N)c3nc4ccccc4[nH]3)o2)cc1. The zero-order valence-electron chi connectivity index (χ0n) is 15.7. The molecule has 0 saturated carbocycles. The molecule has 0 saturated heterocycles. The number of para-hydroxylation sites is 2. The number of aromatic amines is 1. The van der Waals surface area contributed by atoms with E-state index in [1.807, 2.05) is 61.5 Å². The first-order chi connectivity index (χ1) is 14.0. The van der Waals surface area contributed by atoms with Crippen molar-refractivity contribution in [3.05, 3.63) is 65.7 Å². The van der Waals surface area contributed by atoms with Gasteiger partial charge in [0.1, 0.15) is 17.4 Å². The molecule has 1 atom stereocenters. The summed E-state index contributed by atoms with van der Waals surface area (Å²) in [5.74, 6) is 0.622. The number of hydrogen-bond acceptors (Lipinski definition) is 7. The average molecular weight is 403 g/mol. The highest BCUT2D eigenvalue weighted by Gasteiger charge is 2.21. The minimum atomic E-state index is -0.482. The number of thioether (sulfide) groups is 1. The minimum absolute atomic E-state index is 0.0828. The Morgan fingerprint density at radius 3 is 2.66 bits per heavy atom. The van der Waals surface area contributed by atoms with Crippen molar-refractivity contribution in [2.24, 2.45) is 0 Å². The first-order valence-corrected chi connectivity index (χ1v) is 9.78. The van der Waals surface area contributed by atoms with Crippen LogP contribution < -0.4 is 0 Å². The fourth-order valence-corrected chi connectivity index (χ4v) is 3.53. The Morgan fingerprint density at radius 1 is 1.17 bits per heavy atom. The standard InChI is InChI=1S/C21H17N5O2S/c1-12-7-9-14(10-8-12)20-25-26-21(28-20)29-13(2)18(27)15(11-22)19-23-16-5-3-4-6-17(16)24-19/h3-10,13,27H,1-2H3,(H,23,24)/b18-15-/t13-/m0/s1. The van der Waals surface area contributed by atoms with Gasteiger partial charge in [-0.3, -0.25) is 0 Å². The molecule has 0 radical (unpaired) electrons. The van der Waals surface area contributed by atoms with Gasteiger partial charge in [0.05, 0.1) is 16.3 Å². The van der Waals surface area contributed by atoms with Crippen LogP contribution in [0.1, 0.15) is 18.3 Å². The maximum Gasteiger partial charge on any atom is 0.277 e. The summed E-state index contributed by atoms with van der Waals surface area (Å²) in [5, 5.41) is 28.2. The third-order valence-electron chi connectivity index (χ3n) is 4.36. The number of H-pyrrole nitrogens is 1. The number of aliphatic hydroxyl groups excluding tert-OH is 1. The van der Waals surface area contributed by atoms with Gasteiger partial charge in [-0.2, -0.15) is 5.26 Å². The van der Waals surface area contributed by atoms with Gasteiger partial charge in [0, 0.05) is 5.56 Å². The monoisotopic (exact) mass is 403 g/mol. The van der Waals surface area contributed by atoms with Crippen molar-refractivity contribution in [1.29, 1.82) is 5.26 Å². The quantitative estimate of drug-likeness (QED) is 0.277. The summed E-state index contributed by atoms with van der Waals surface area (Å²) in [6.45, 7) is 3.76. The van der Waals surface area contributed by atoms with Crippen LogP contribution in [0.25, 0.3) is 28.1 Å². The lowest BCUT2D eigenvalue weighted by molar-refractivity contribution is 0.399. The number of nitrogens with one attached hydrogen (secondary N) is 1. The third-order valence-corrected chi connectivity index (χ3v) is 5.31. The van der Waals surface area contributed by atoms with Crippen LogP contribution in [-0.2, 0) is 0 Å². The average Bonchev–Trinajstić information content (AvgIpc) is 3.36. The van der Waals surface area contributed by atoms with E-state index < -0.39 is 5.25 Å². The van der Waals surface area contributed by atoms with E-state index in [0.29, 0.717) is 16.9 Å². The van der Waals surface area contributed by atoms with Gasteiger partial charge in [-0.25, -0.2) is 4.98 Å². The molecule has 0 aliphatic rings. The molecule has 0 bridgehead atoms. The van der Waals surface area contributed by atoms with E-state index >= 15 is 0 Å². The van der Waals surface area contributed by atoms with Gasteiger partial charge in [0.2, 0.25) is 5.89 Å². The van der Waals surface area contributed by atoms with Crippen LogP contribution in [0.4, 0.5) is 0 Å². The summed E-state index contributed by atoms with van der Waals surface area (Å²) in [4.78, 5) is 7.45. The Kier molecular flexibility index (Phi) is 5.06. The zero-order valence-corrected chi connectivity index (χ0v) is 16.6. The van der Waals surface area contributed by atoms with Crippen LogP contribution >= 0.6 is 11.8 Å². The molecule has 0 spiro atoms. The van der Waals surface area contributed by atoms with Crippen LogP contribution in [0.15, 0.2) is 63.9 Å². The van der Waals surface area contributed by atoms with Crippen molar-refractivity contribution in [3.8, 4) is 17.5 Å². The largest absolute Gasteiger partial charge is 0.510 e. The number of benzene rings is 2. The van der Waals surface area contributed by atoms with Crippen LogP contribution in [0.2, 0.25) is 0 Å². The summed E-state index contributed by atoms with van der Waals surface area (Å²) >= 11 is 1.17. The van der Waals surface area contributed by atoms with Gasteiger partial charge in [-0.1, -0.05) is 41.6 Å². The van der Waals surface area contributed by atoms with E-state index in [9.17, 15) is 10.4 Å². The van der Waals surface area contributed by atoms with Gasteiger partial charge < -0.3 is 14.5 Å². The Balaban J connectivity index is 1.57. The number of hydrogen-bond donors (Lipinski definition) is 2. The zero-order chi connectivity index (χ0) is 20.4. The molecule has 7 nitrogen and oxygen atoms in total. The molecule has 0 fully saturated rings. The number of rotatable bonds is 5. The number of aryl methyl sites for hydroxylation is 1. The van der Waals surface area contributed by atoms with Gasteiger partial charge >= 0.3 is 0 Å². The highest BCUT2D eigenvalue weighted by molar-refractivity contribution is 7.99. The van der Waals surface area contributed by atoms with Crippen molar-refractivity contribution in [1.82, 2.24) is 20.2 Å². The topological polar surface area (TPSA) is 112 Å². The number of aliphatic hydroxyl groups is 1. The number of nitriles is 1. The molecular formula is C21H17N5O2S. The van der Waals surface area contributed by atoms with E-state index in [4.69, 9.17) is 4.42 Å². The second kappa shape index (κ2) is 7.81. The summed E-state index contributed by atoms with van der Waals surface area (Å²) in [6.07, 6.45) is 0. The van der Waals surface area contributed by atoms with Gasteiger partial charge in [-0.15, -0.1) is 10.2 Å². The molecule has 4 aromatic rings. The van der Waals surface area contributed by atoms with Crippen LogP contribution in [0.5, 0.6) is 0 Å². The molecular weight excluding hydrogens is 386 g/mol. The van der Waals surface area contributed by atoms with Crippen molar-refractivity contribution in [3.63, 3.8) is 0 Å². The molecule has 29 heavy (non-hydrogen) atoms. The van der Waals surface area contributed by atoms with Crippen molar-refractivity contribution in [2.45, 2.75) is 24.3 Å². The molecule has 4 rings (SSSR count). The minimum Gasteiger partial charge on any atom is -0.510 e. The second-order valence-electron chi connectivity index (χ2n) is 6.47. The lowest BCUT2D eigenvalue weighted by Crippen LogP contribution is -2.04. The van der Waals surface area contributed by atoms with Crippen molar-refractivity contribution >= 4 is 28.4 Å². The summed E-state index contributed by atoms with van der Waals surface area (Å²) in [7, 11) is 0. The third kappa shape index (κ3) is 3.86. The smallest absolute Gasteiger partial charge is 0.277 e. The predicted molar refractivity (Wildman–Crippen MR) is 111 cm³/mol. The number of aromatic nitrogens is 4. The Hall–Kier alpha value is -3.57. The lowest BCUT2D eigenvalue weighted by atomic mass is 10.1. The fourth-order valence-electron chi connectivity index (χ4n) is 2.78. The maximum absolute atomic E-state index is 10.7. The van der Waals surface area contributed by atoms with E-state index in [-0.39, 0.29) is 11.3 Å². The van der Waals surface area contributed by atoms with Crippen LogP contribution in [-0.4, -0.2) is 30.5 Å². The molecule has 2 aromatic carbocycles. The number of imidazole rings is 1. The molecule has 2 N–H and O–H groups in total. The lowest BCUT2D eigenvalue weighted by Gasteiger charge is -2.08. The first-order valence-electron chi connectivity index (χ1n) is 8.90. The maximum atomic E-state index is 10.7.